The first-order chi connectivity index (χ1) is 6.35. The molecule has 1 aliphatic rings. The van der Waals surface area contributed by atoms with Gasteiger partial charge in [0.25, 0.3) is 0 Å². The zero-order valence-corrected chi connectivity index (χ0v) is 8.18. The monoisotopic (exact) mass is 179 g/mol. The molecule has 0 radical (unpaired) electrons. The Morgan fingerprint density at radius 1 is 1.54 bits per heavy atom. The zero-order valence-electron chi connectivity index (χ0n) is 8.18. The molecule has 0 unspecified atom stereocenters. The molecule has 0 bridgehead atoms. The van der Waals surface area contributed by atoms with E-state index in [1.807, 2.05) is 6.26 Å². The quantitative estimate of drug-likeness (QED) is 0.749. The van der Waals surface area contributed by atoms with Gasteiger partial charge in [-0.05, 0) is 42.9 Å². The van der Waals surface area contributed by atoms with Gasteiger partial charge in [0, 0.05) is 6.54 Å². The van der Waals surface area contributed by atoms with Crippen LogP contribution in [0.15, 0.2) is 23.0 Å². The van der Waals surface area contributed by atoms with Crippen LogP contribution in [0.3, 0.4) is 0 Å². The minimum Gasteiger partial charge on any atom is -0.472 e. The Morgan fingerprint density at radius 3 is 2.92 bits per heavy atom. The van der Waals surface area contributed by atoms with E-state index >= 15 is 0 Å². The normalized spacial score (nSPS) is 18.8. The number of hydrogen-bond acceptors (Lipinski definition) is 2. The molecule has 13 heavy (non-hydrogen) atoms. The summed E-state index contributed by atoms with van der Waals surface area (Å²) in [6.45, 7) is 4.40. The average molecular weight is 179 g/mol. The third kappa shape index (κ3) is 2.13. The van der Waals surface area contributed by atoms with Crippen LogP contribution in [0, 0.1) is 5.41 Å². The molecule has 1 heterocycles. The molecule has 2 rings (SSSR count). The first kappa shape index (κ1) is 8.82. The van der Waals surface area contributed by atoms with Crippen molar-refractivity contribution in [2.45, 2.75) is 26.2 Å². The Labute approximate surface area is 79.3 Å². The molecule has 1 aromatic heterocycles. The van der Waals surface area contributed by atoms with Crippen LogP contribution in [0.2, 0.25) is 0 Å². The molecule has 0 aliphatic heterocycles. The van der Waals surface area contributed by atoms with E-state index in [-0.39, 0.29) is 0 Å². The fourth-order valence-corrected chi connectivity index (χ4v) is 1.81. The van der Waals surface area contributed by atoms with Gasteiger partial charge in [-0.1, -0.05) is 6.92 Å². The Bertz CT molecular complexity index is 249. The van der Waals surface area contributed by atoms with Crippen LogP contribution in [0.1, 0.15) is 25.3 Å². The Balaban J connectivity index is 1.87. The van der Waals surface area contributed by atoms with E-state index in [1.165, 1.54) is 24.8 Å². The first-order valence-corrected chi connectivity index (χ1v) is 5.06. The van der Waals surface area contributed by atoms with Gasteiger partial charge in [-0.15, -0.1) is 0 Å². The van der Waals surface area contributed by atoms with Gasteiger partial charge in [0.05, 0.1) is 12.5 Å². The largest absolute Gasteiger partial charge is 0.472 e. The lowest BCUT2D eigenvalue weighted by molar-refractivity contribution is 0.459. The molecular formula is C11H17NO. The van der Waals surface area contributed by atoms with Gasteiger partial charge >= 0.3 is 0 Å². The van der Waals surface area contributed by atoms with Gasteiger partial charge in [0.2, 0.25) is 0 Å². The number of rotatable bonds is 5. The highest BCUT2D eigenvalue weighted by atomic mass is 16.3. The summed E-state index contributed by atoms with van der Waals surface area (Å²) in [5.41, 5.74) is 1.90. The van der Waals surface area contributed by atoms with Crippen LogP contribution in [-0.4, -0.2) is 13.1 Å². The van der Waals surface area contributed by atoms with Gasteiger partial charge in [-0.3, -0.25) is 0 Å². The Morgan fingerprint density at radius 2 is 2.38 bits per heavy atom. The number of hydrogen-bond donors (Lipinski definition) is 1. The molecule has 2 heteroatoms. The predicted molar refractivity (Wildman–Crippen MR) is 52.6 cm³/mol. The second-order valence-electron chi connectivity index (χ2n) is 4.09. The smallest absolute Gasteiger partial charge is 0.0934 e. The summed E-state index contributed by atoms with van der Waals surface area (Å²) in [5, 5.41) is 3.43. The molecule has 0 spiro atoms. The van der Waals surface area contributed by atoms with Gasteiger partial charge in [0.15, 0.2) is 0 Å². The van der Waals surface area contributed by atoms with Gasteiger partial charge in [-0.2, -0.15) is 0 Å². The summed E-state index contributed by atoms with van der Waals surface area (Å²) in [7, 11) is 0. The maximum atomic E-state index is 5.07. The van der Waals surface area contributed by atoms with Crippen molar-refractivity contribution in [3.05, 3.63) is 24.2 Å². The zero-order chi connectivity index (χ0) is 9.15. The molecule has 0 saturated heterocycles. The highest BCUT2D eigenvalue weighted by Gasteiger charge is 2.41. The summed E-state index contributed by atoms with van der Waals surface area (Å²) >= 11 is 0. The van der Waals surface area contributed by atoms with Crippen LogP contribution in [0.5, 0.6) is 0 Å². The summed E-state index contributed by atoms with van der Waals surface area (Å²) in [4.78, 5) is 0. The highest BCUT2D eigenvalue weighted by molar-refractivity contribution is 5.12. The third-order valence-corrected chi connectivity index (χ3v) is 2.87. The molecular weight excluding hydrogens is 162 g/mol. The average Bonchev–Trinajstić information content (AvgIpc) is 2.69. The van der Waals surface area contributed by atoms with Crippen LogP contribution in [0.25, 0.3) is 0 Å². The maximum absolute atomic E-state index is 5.07. The molecule has 2 nitrogen and oxygen atoms in total. The maximum Gasteiger partial charge on any atom is 0.0934 e. The van der Waals surface area contributed by atoms with E-state index in [4.69, 9.17) is 4.42 Å². The van der Waals surface area contributed by atoms with Crippen LogP contribution >= 0.6 is 0 Å². The first-order valence-electron chi connectivity index (χ1n) is 5.06. The second-order valence-corrected chi connectivity index (χ2v) is 4.09. The topological polar surface area (TPSA) is 25.2 Å². The lowest BCUT2D eigenvalue weighted by atomic mass is 9.98. The summed E-state index contributed by atoms with van der Waals surface area (Å²) in [6.07, 6.45) is 7.54. The number of nitrogens with one attached hydrogen (secondary N) is 1. The molecule has 0 amide bonds. The van der Waals surface area contributed by atoms with E-state index in [0.717, 1.165) is 13.1 Å². The van der Waals surface area contributed by atoms with Crippen molar-refractivity contribution in [3.63, 3.8) is 0 Å². The van der Waals surface area contributed by atoms with Crippen LogP contribution in [-0.2, 0) is 6.42 Å². The molecule has 0 aromatic carbocycles. The van der Waals surface area contributed by atoms with E-state index in [9.17, 15) is 0 Å². The van der Waals surface area contributed by atoms with Crippen molar-refractivity contribution in [2.24, 2.45) is 5.41 Å². The van der Waals surface area contributed by atoms with Gasteiger partial charge < -0.3 is 9.73 Å². The van der Waals surface area contributed by atoms with Crippen molar-refractivity contribution in [1.29, 1.82) is 0 Å². The Kier molecular flexibility index (Phi) is 2.40. The summed E-state index contributed by atoms with van der Waals surface area (Å²) < 4.78 is 5.07. The molecule has 1 aliphatic carbocycles. The minimum atomic E-state index is 0.555. The van der Waals surface area contributed by atoms with Crippen molar-refractivity contribution in [2.75, 3.05) is 13.1 Å². The molecule has 1 N–H and O–H groups in total. The van der Waals surface area contributed by atoms with Crippen molar-refractivity contribution < 1.29 is 4.42 Å². The molecule has 72 valence electrons. The predicted octanol–water partition coefficient (Wildman–Crippen LogP) is 2.21. The second kappa shape index (κ2) is 3.54. The Hall–Kier alpha value is -0.760. The van der Waals surface area contributed by atoms with Crippen LogP contribution in [0.4, 0.5) is 0 Å². The van der Waals surface area contributed by atoms with Gasteiger partial charge in [0.1, 0.15) is 0 Å². The molecule has 1 fully saturated rings. The lowest BCUT2D eigenvalue weighted by Gasteiger charge is -2.13. The van der Waals surface area contributed by atoms with E-state index in [1.54, 1.807) is 6.26 Å². The van der Waals surface area contributed by atoms with Crippen molar-refractivity contribution in [1.82, 2.24) is 5.32 Å². The van der Waals surface area contributed by atoms with E-state index in [2.05, 4.69) is 18.3 Å². The fraction of sp³-hybridized carbons (Fsp3) is 0.636. The minimum absolute atomic E-state index is 0.555. The van der Waals surface area contributed by atoms with Crippen molar-refractivity contribution >= 4 is 0 Å². The molecule has 1 aromatic rings. The van der Waals surface area contributed by atoms with Gasteiger partial charge in [-0.25, -0.2) is 0 Å². The highest BCUT2D eigenvalue weighted by Crippen LogP contribution is 2.47. The van der Waals surface area contributed by atoms with Crippen LogP contribution < -0.4 is 5.32 Å². The summed E-state index contributed by atoms with van der Waals surface area (Å²) in [6, 6.07) is 2.08. The SMILES string of the molecule is CCNCC1(Cc2ccoc2)CC1. The molecule has 1 saturated carbocycles. The van der Waals surface area contributed by atoms with E-state index < -0.39 is 0 Å². The third-order valence-electron chi connectivity index (χ3n) is 2.87. The fourth-order valence-electron chi connectivity index (χ4n) is 1.81. The lowest BCUT2D eigenvalue weighted by Crippen LogP contribution is -2.25. The standard InChI is InChI=1S/C11H17NO/c1-2-12-9-11(4-5-11)7-10-3-6-13-8-10/h3,6,8,12H,2,4-5,7,9H2,1H3. The number of furan rings is 1. The van der Waals surface area contributed by atoms with E-state index in [0.29, 0.717) is 5.41 Å². The molecule has 0 atom stereocenters. The van der Waals surface area contributed by atoms with Crippen molar-refractivity contribution in [3.8, 4) is 0 Å². The summed E-state index contributed by atoms with van der Waals surface area (Å²) in [5.74, 6) is 0.